The molecule has 0 aromatic heterocycles. The number of benzene rings is 1. The fourth-order valence-electron chi connectivity index (χ4n) is 3.30. The largest absolute Gasteiger partial charge is 0.444 e. The average Bonchev–Trinajstić information content (AvgIpc) is 2.73. The van der Waals surface area contributed by atoms with Crippen molar-refractivity contribution in [1.29, 1.82) is 0 Å². The summed E-state index contributed by atoms with van der Waals surface area (Å²) in [7, 11) is 1.75. The number of rotatable bonds is 8. The van der Waals surface area contributed by atoms with E-state index in [0.29, 0.717) is 32.1 Å². The van der Waals surface area contributed by atoms with Gasteiger partial charge < -0.3 is 25.0 Å². The van der Waals surface area contributed by atoms with Gasteiger partial charge in [0.2, 0.25) is 0 Å². The van der Waals surface area contributed by atoms with E-state index in [0.717, 1.165) is 32.8 Å². The molecule has 0 unspecified atom stereocenters. The second-order valence-corrected chi connectivity index (χ2v) is 8.57. The van der Waals surface area contributed by atoms with Crippen molar-refractivity contribution in [1.82, 2.24) is 20.4 Å². The Kier molecular flexibility index (Phi) is 12.9. The van der Waals surface area contributed by atoms with Crippen LogP contribution < -0.4 is 10.6 Å². The third kappa shape index (κ3) is 10.4. The molecular weight excluding hydrogens is 521 g/mol. The summed E-state index contributed by atoms with van der Waals surface area (Å²) < 4.78 is 10.9. The van der Waals surface area contributed by atoms with Gasteiger partial charge in [0, 0.05) is 52.9 Å². The van der Waals surface area contributed by atoms with Gasteiger partial charge in [0.15, 0.2) is 5.96 Å². The fraction of sp³-hybridized carbons (Fsp3) is 0.652. The molecule has 0 spiro atoms. The van der Waals surface area contributed by atoms with E-state index in [1.54, 1.807) is 11.9 Å². The van der Waals surface area contributed by atoms with Crippen LogP contribution in [0.1, 0.15) is 38.8 Å². The summed E-state index contributed by atoms with van der Waals surface area (Å²) in [6.45, 7) is 14.4. The number of carbonyl (C=O) groups excluding carboxylic acids is 1. The Morgan fingerprint density at radius 1 is 1.19 bits per heavy atom. The molecule has 1 fully saturated rings. The number of morpholine rings is 1. The van der Waals surface area contributed by atoms with Gasteiger partial charge >= 0.3 is 6.09 Å². The molecular formula is C23H40IN5O3. The third-order valence-electron chi connectivity index (χ3n) is 4.99. The summed E-state index contributed by atoms with van der Waals surface area (Å²) >= 11 is 0. The minimum absolute atomic E-state index is 0. The predicted molar refractivity (Wildman–Crippen MR) is 140 cm³/mol. The molecule has 1 aliphatic rings. The lowest BCUT2D eigenvalue weighted by Gasteiger charge is -2.27. The molecule has 8 nitrogen and oxygen atoms in total. The minimum atomic E-state index is -0.496. The summed E-state index contributed by atoms with van der Waals surface area (Å²) in [4.78, 5) is 20.7. The van der Waals surface area contributed by atoms with Crippen LogP contribution in [0.2, 0.25) is 0 Å². The third-order valence-corrected chi connectivity index (χ3v) is 4.99. The van der Waals surface area contributed by atoms with Crippen LogP contribution in [0.5, 0.6) is 0 Å². The van der Waals surface area contributed by atoms with Crippen LogP contribution in [0.25, 0.3) is 0 Å². The summed E-state index contributed by atoms with van der Waals surface area (Å²) in [5.74, 6) is 0.710. The quantitative estimate of drug-likeness (QED) is 0.289. The first-order chi connectivity index (χ1) is 14.8. The second kappa shape index (κ2) is 14.5. The Hall–Kier alpha value is -1.59. The highest BCUT2D eigenvalue weighted by Gasteiger charge is 2.20. The van der Waals surface area contributed by atoms with Crippen LogP contribution in [-0.2, 0) is 22.6 Å². The normalized spacial score (nSPS) is 15.0. The fourth-order valence-corrected chi connectivity index (χ4v) is 3.30. The van der Waals surface area contributed by atoms with Gasteiger partial charge in [0.25, 0.3) is 0 Å². The maximum absolute atomic E-state index is 12.3. The Balaban J connectivity index is 0.00000512. The van der Waals surface area contributed by atoms with Crippen molar-refractivity contribution in [3.05, 3.63) is 35.4 Å². The zero-order valence-electron chi connectivity index (χ0n) is 20.1. The van der Waals surface area contributed by atoms with Crippen LogP contribution in [0.4, 0.5) is 4.79 Å². The molecule has 0 bridgehead atoms. The maximum Gasteiger partial charge on any atom is 0.410 e. The van der Waals surface area contributed by atoms with E-state index < -0.39 is 5.60 Å². The van der Waals surface area contributed by atoms with Crippen molar-refractivity contribution >= 4 is 36.0 Å². The summed E-state index contributed by atoms with van der Waals surface area (Å²) in [5.41, 5.74) is 2.07. The van der Waals surface area contributed by atoms with Crippen LogP contribution >= 0.6 is 24.0 Å². The topological polar surface area (TPSA) is 78.4 Å². The second-order valence-electron chi connectivity index (χ2n) is 8.57. The summed E-state index contributed by atoms with van der Waals surface area (Å²) in [6, 6.07) is 8.48. The van der Waals surface area contributed by atoms with E-state index in [9.17, 15) is 4.79 Å². The standard InChI is InChI=1S/C23H39N5O3.HI/c1-6-28(22(29)31-23(2,3)4)12-11-25-21(24-5)26-17-19-9-7-8-10-20(19)18-27-13-15-30-16-14-27;/h7-10H,6,11-18H2,1-5H3,(H2,24,25,26);1H. The van der Waals surface area contributed by atoms with Crippen molar-refractivity contribution in [3.8, 4) is 0 Å². The number of hydrogen-bond acceptors (Lipinski definition) is 5. The highest BCUT2D eigenvalue weighted by molar-refractivity contribution is 14.0. The first kappa shape index (κ1) is 28.4. The monoisotopic (exact) mass is 561 g/mol. The average molecular weight is 562 g/mol. The maximum atomic E-state index is 12.3. The van der Waals surface area contributed by atoms with Crippen LogP contribution in [0, 0.1) is 0 Å². The van der Waals surface area contributed by atoms with Crippen LogP contribution in [-0.4, -0.2) is 80.4 Å². The van der Waals surface area contributed by atoms with Crippen LogP contribution in [0.3, 0.4) is 0 Å². The van der Waals surface area contributed by atoms with E-state index >= 15 is 0 Å². The lowest BCUT2D eigenvalue weighted by molar-refractivity contribution is 0.0264. The number of ether oxygens (including phenoxy) is 2. The van der Waals surface area contributed by atoms with Gasteiger partial charge in [-0.25, -0.2) is 4.79 Å². The first-order valence-electron chi connectivity index (χ1n) is 11.1. The Morgan fingerprint density at radius 2 is 1.84 bits per heavy atom. The van der Waals surface area contributed by atoms with E-state index in [1.165, 1.54) is 11.1 Å². The number of amides is 1. The zero-order valence-corrected chi connectivity index (χ0v) is 22.5. The lowest BCUT2D eigenvalue weighted by atomic mass is 10.1. The molecule has 0 atom stereocenters. The van der Waals surface area contributed by atoms with Gasteiger partial charge in [-0.1, -0.05) is 24.3 Å². The Bertz CT molecular complexity index is 718. The molecule has 182 valence electrons. The molecule has 32 heavy (non-hydrogen) atoms. The highest BCUT2D eigenvalue weighted by atomic mass is 127. The van der Waals surface area contributed by atoms with Crippen LogP contribution in [0.15, 0.2) is 29.3 Å². The molecule has 0 radical (unpaired) electrons. The van der Waals surface area contributed by atoms with Crippen molar-refractivity contribution < 1.29 is 14.3 Å². The number of likely N-dealkylation sites (N-methyl/N-ethyl adjacent to an activating group) is 1. The minimum Gasteiger partial charge on any atom is -0.444 e. The van der Waals surface area contributed by atoms with Crippen molar-refractivity contribution in [2.45, 2.75) is 46.4 Å². The number of halogens is 1. The first-order valence-corrected chi connectivity index (χ1v) is 11.1. The predicted octanol–water partition coefficient (Wildman–Crippen LogP) is 3.06. The molecule has 0 saturated carbocycles. The Morgan fingerprint density at radius 3 is 2.44 bits per heavy atom. The summed E-state index contributed by atoms with van der Waals surface area (Å²) in [6.07, 6.45) is -0.295. The van der Waals surface area contributed by atoms with Gasteiger partial charge in [0.05, 0.1) is 13.2 Å². The van der Waals surface area contributed by atoms with E-state index in [4.69, 9.17) is 9.47 Å². The molecule has 2 N–H and O–H groups in total. The number of carbonyl (C=O) groups is 1. The van der Waals surface area contributed by atoms with E-state index in [2.05, 4.69) is 44.8 Å². The van der Waals surface area contributed by atoms with Gasteiger partial charge in [-0.3, -0.25) is 9.89 Å². The van der Waals surface area contributed by atoms with Gasteiger partial charge in [-0.05, 0) is 38.8 Å². The molecule has 0 aliphatic carbocycles. The zero-order chi connectivity index (χ0) is 22.7. The molecule has 1 saturated heterocycles. The molecule has 1 heterocycles. The lowest BCUT2D eigenvalue weighted by Crippen LogP contribution is -2.44. The highest BCUT2D eigenvalue weighted by Crippen LogP contribution is 2.13. The van der Waals surface area contributed by atoms with Gasteiger partial charge in [0.1, 0.15) is 5.60 Å². The number of nitrogens with zero attached hydrogens (tertiary/aromatic N) is 3. The number of aliphatic imine (C=N–C) groups is 1. The molecule has 9 heteroatoms. The van der Waals surface area contributed by atoms with Crippen molar-refractivity contribution in [2.24, 2.45) is 4.99 Å². The van der Waals surface area contributed by atoms with Gasteiger partial charge in [-0.15, -0.1) is 24.0 Å². The van der Waals surface area contributed by atoms with E-state index in [-0.39, 0.29) is 30.1 Å². The van der Waals surface area contributed by atoms with Crippen molar-refractivity contribution in [2.75, 3.05) is 53.0 Å². The number of guanidine groups is 1. The molecule has 1 aliphatic heterocycles. The van der Waals surface area contributed by atoms with E-state index in [1.807, 2.05) is 27.7 Å². The SMILES string of the molecule is CCN(CCNC(=NC)NCc1ccccc1CN1CCOCC1)C(=O)OC(C)(C)C.I. The van der Waals surface area contributed by atoms with Crippen molar-refractivity contribution in [3.63, 3.8) is 0 Å². The summed E-state index contributed by atoms with van der Waals surface area (Å²) in [5, 5.41) is 6.67. The molecule has 1 amide bonds. The smallest absolute Gasteiger partial charge is 0.410 e. The van der Waals surface area contributed by atoms with Gasteiger partial charge in [-0.2, -0.15) is 0 Å². The number of hydrogen-bond donors (Lipinski definition) is 2. The molecule has 1 aromatic rings. The molecule has 2 rings (SSSR count). The molecule has 1 aromatic carbocycles. The number of nitrogens with one attached hydrogen (secondary N) is 2. The Labute approximate surface area is 210 Å².